The molecule has 8 nitrogen and oxygen atoms in total. The van der Waals surface area contributed by atoms with E-state index in [0.29, 0.717) is 36.1 Å². The number of esters is 2. The normalized spacial score (nSPS) is 15.9. The Morgan fingerprint density at radius 1 is 1.05 bits per heavy atom. The van der Waals surface area contributed by atoms with Gasteiger partial charge in [0.15, 0.2) is 11.5 Å². The fraction of sp³-hybridized carbons (Fsp3) is 0.375. The summed E-state index contributed by atoms with van der Waals surface area (Å²) in [6, 6.07) is 14.3. The number of methoxy groups -OCH3 is 2. The van der Waals surface area contributed by atoms with Crippen molar-refractivity contribution in [3.05, 3.63) is 76.3 Å². The first-order chi connectivity index (χ1) is 19.2. The Hall–Kier alpha value is -4.04. The second kappa shape index (κ2) is 10.8. The maximum atomic E-state index is 13.6. The number of carbonyl (C=O) groups excluding carboxylic acids is 2. The van der Waals surface area contributed by atoms with Gasteiger partial charge in [-0.25, -0.2) is 4.79 Å². The molecule has 1 N–H and O–H groups in total. The number of ether oxygens (including phenoxy) is 5. The lowest BCUT2D eigenvalue weighted by Gasteiger charge is -2.24. The molecule has 0 radical (unpaired) electrons. The first-order valence-corrected chi connectivity index (χ1v) is 13.4. The molecule has 0 unspecified atom stereocenters. The number of hydrogen-bond acceptors (Lipinski definition) is 8. The van der Waals surface area contributed by atoms with E-state index in [1.807, 2.05) is 51.1 Å². The molecule has 0 bridgehead atoms. The number of carbonyl (C=O) groups is 2. The third-order valence-corrected chi connectivity index (χ3v) is 7.44. The molecule has 0 amide bonds. The highest BCUT2D eigenvalue weighted by Crippen LogP contribution is 2.51. The van der Waals surface area contributed by atoms with Crippen LogP contribution in [-0.4, -0.2) is 31.3 Å². The van der Waals surface area contributed by atoms with Crippen molar-refractivity contribution in [2.45, 2.75) is 58.2 Å². The van der Waals surface area contributed by atoms with Crippen LogP contribution < -0.4 is 18.9 Å². The van der Waals surface area contributed by atoms with Crippen molar-refractivity contribution < 1.29 is 38.4 Å². The van der Waals surface area contributed by atoms with E-state index in [0.717, 1.165) is 11.1 Å². The van der Waals surface area contributed by atoms with Gasteiger partial charge in [0.25, 0.3) is 0 Å². The molecule has 40 heavy (non-hydrogen) atoms. The topological polar surface area (TPSA) is 101 Å². The highest BCUT2D eigenvalue weighted by Gasteiger charge is 2.53. The van der Waals surface area contributed by atoms with E-state index in [4.69, 9.17) is 23.7 Å². The highest BCUT2D eigenvalue weighted by atomic mass is 16.6. The van der Waals surface area contributed by atoms with E-state index in [-0.39, 0.29) is 47.1 Å². The van der Waals surface area contributed by atoms with Crippen molar-refractivity contribution in [3.8, 4) is 28.7 Å². The van der Waals surface area contributed by atoms with Gasteiger partial charge in [-0.1, -0.05) is 26.0 Å². The zero-order valence-electron chi connectivity index (χ0n) is 23.4. The van der Waals surface area contributed by atoms with Crippen LogP contribution in [0.15, 0.2) is 48.5 Å². The summed E-state index contributed by atoms with van der Waals surface area (Å²) in [5.41, 5.74) is 2.07. The van der Waals surface area contributed by atoms with Gasteiger partial charge in [0, 0.05) is 11.1 Å². The average Bonchev–Trinajstić information content (AvgIpc) is 3.74. The standard InChI is InChI=1S/C32H34O8/c1-18(2)14-24(33)23-10-11-25-27(29(23)37-5)30(34)38-17-20-15-19(3)16-26(28(20)39-25)40-31(35)32(12-13-32)21-6-8-22(36-4)9-7-21/h6-11,15-16,18,24,33H,12-14,17H2,1-5H3/t24-/m0/s1. The first-order valence-electron chi connectivity index (χ1n) is 13.4. The summed E-state index contributed by atoms with van der Waals surface area (Å²) < 4.78 is 28.8. The van der Waals surface area contributed by atoms with E-state index in [1.54, 1.807) is 25.3 Å². The van der Waals surface area contributed by atoms with E-state index < -0.39 is 17.5 Å². The number of rotatable bonds is 8. The van der Waals surface area contributed by atoms with Crippen LogP contribution in [0.25, 0.3) is 0 Å². The Labute approximate surface area is 233 Å². The van der Waals surface area contributed by atoms with Gasteiger partial charge in [-0.3, -0.25) is 4.79 Å². The summed E-state index contributed by atoms with van der Waals surface area (Å²) in [7, 11) is 3.04. The predicted molar refractivity (Wildman–Crippen MR) is 147 cm³/mol. The van der Waals surface area contributed by atoms with E-state index >= 15 is 0 Å². The third kappa shape index (κ3) is 5.11. The Balaban J connectivity index is 1.51. The van der Waals surface area contributed by atoms with E-state index in [9.17, 15) is 14.7 Å². The van der Waals surface area contributed by atoms with Gasteiger partial charge in [-0.05, 0) is 79.6 Å². The summed E-state index contributed by atoms with van der Waals surface area (Å²) in [6.07, 6.45) is 0.999. The van der Waals surface area contributed by atoms with Gasteiger partial charge in [0.2, 0.25) is 0 Å². The van der Waals surface area contributed by atoms with E-state index in [2.05, 4.69) is 0 Å². The average molecular weight is 547 g/mol. The summed E-state index contributed by atoms with van der Waals surface area (Å²) >= 11 is 0. The Morgan fingerprint density at radius 2 is 1.77 bits per heavy atom. The quantitative estimate of drug-likeness (QED) is 0.264. The van der Waals surface area contributed by atoms with Crippen LogP contribution >= 0.6 is 0 Å². The molecule has 0 saturated heterocycles. The molecule has 3 aromatic carbocycles. The van der Waals surface area contributed by atoms with Crippen LogP contribution in [0.4, 0.5) is 0 Å². The van der Waals surface area contributed by atoms with Gasteiger partial charge < -0.3 is 28.8 Å². The van der Waals surface area contributed by atoms with Crippen LogP contribution in [-0.2, 0) is 21.6 Å². The molecule has 5 rings (SSSR count). The molecule has 1 heterocycles. The number of aryl methyl sites for hydroxylation is 1. The van der Waals surface area contributed by atoms with Crippen LogP contribution in [0.2, 0.25) is 0 Å². The zero-order valence-corrected chi connectivity index (χ0v) is 23.4. The molecule has 1 atom stereocenters. The van der Waals surface area contributed by atoms with Crippen molar-refractivity contribution >= 4 is 11.9 Å². The Kier molecular flexibility index (Phi) is 7.47. The lowest BCUT2D eigenvalue weighted by atomic mass is 9.96. The van der Waals surface area contributed by atoms with Gasteiger partial charge >= 0.3 is 11.9 Å². The minimum atomic E-state index is -0.836. The molecule has 210 valence electrons. The van der Waals surface area contributed by atoms with Gasteiger partial charge in [-0.15, -0.1) is 0 Å². The van der Waals surface area contributed by atoms with Crippen LogP contribution in [0.3, 0.4) is 0 Å². The zero-order chi connectivity index (χ0) is 28.6. The fourth-order valence-corrected chi connectivity index (χ4v) is 5.20. The third-order valence-electron chi connectivity index (χ3n) is 7.44. The molecule has 0 aromatic heterocycles. The molecule has 2 aliphatic rings. The van der Waals surface area contributed by atoms with E-state index in [1.165, 1.54) is 7.11 Å². The second-order valence-corrected chi connectivity index (χ2v) is 10.8. The number of fused-ring (bicyclic) bond motifs is 2. The monoisotopic (exact) mass is 546 g/mol. The Morgan fingerprint density at radius 3 is 2.40 bits per heavy atom. The minimum absolute atomic E-state index is 0.0724. The van der Waals surface area contributed by atoms with Gasteiger partial charge in [0.1, 0.15) is 29.4 Å². The number of aliphatic hydroxyl groups excluding tert-OH is 1. The van der Waals surface area contributed by atoms with Crippen molar-refractivity contribution in [1.29, 1.82) is 0 Å². The molecule has 1 fully saturated rings. The van der Waals surface area contributed by atoms with Gasteiger partial charge in [-0.2, -0.15) is 0 Å². The van der Waals surface area contributed by atoms with Crippen LogP contribution in [0, 0.1) is 12.8 Å². The Bertz CT molecular complexity index is 1440. The molecule has 1 aliphatic heterocycles. The van der Waals surface area contributed by atoms with Crippen LogP contribution in [0.5, 0.6) is 28.7 Å². The van der Waals surface area contributed by atoms with Gasteiger partial charge in [0.05, 0.1) is 25.7 Å². The number of benzene rings is 3. The molecular formula is C32H34O8. The number of hydrogen-bond donors (Lipinski definition) is 1. The molecule has 1 saturated carbocycles. The molecular weight excluding hydrogens is 512 g/mol. The largest absolute Gasteiger partial charge is 0.497 e. The number of cyclic esters (lactones) is 1. The molecule has 8 heteroatoms. The van der Waals surface area contributed by atoms with Crippen molar-refractivity contribution in [2.24, 2.45) is 5.92 Å². The summed E-state index contributed by atoms with van der Waals surface area (Å²) in [6.45, 7) is 5.78. The summed E-state index contributed by atoms with van der Waals surface area (Å²) in [4.78, 5) is 26.7. The first kappa shape index (κ1) is 27.5. The molecule has 0 spiro atoms. The fourth-order valence-electron chi connectivity index (χ4n) is 5.20. The summed E-state index contributed by atoms with van der Waals surface area (Å²) in [5, 5.41) is 10.8. The smallest absolute Gasteiger partial charge is 0.346 e. The molecule has 3 aromatic rings. The lowest BCUT2D eigenvalue weighted by Crippen LogP contribution is -2.26. The predicted octanol–water partition coefficient (Wildman–Crippen LogP) is 6.19. The van der Waals surface area contributed by atoms with Crippen molar-refractivity contribution in [1.82, 2.24) is 0 Å². The maximum absolute atomic E-state index is 13.6. The maximum Gasteiger partial charge on any atom is 0.346 e. The SMILES string of the molecule is COc1ccc(C2(C(=O)Oc3cc(C)cc4c3Oc3ccc([C@@H](O)CC(C)C)c(OC)c3C(=O)OC4)CC2)cc1. The number of aliphatic hydroxyl groups is 1. The van der Waals surface area contributed by atoms with Crippen molar-refractivity contribution in [2.75, 3.05) is 14.2 Å². The van der Waals surface area contributed by atoms with Crippen molar-refractivity contribution in [3.63, 3.8) is 0 Å². The lowest BCUT2D eigenvalue weighted by molar-refractivity contribution is -0.137. The summed E-state index contributed by atoms with van der Waals surface area (Å²) in [5.74, 6) is 0.838. The highest BCUT2D eigenvalue weighted by molar-refractivity contribution is 5.97. The second-order valence-electron chi connectivity index (χ2n) is 10.8. The van der Waals surface area contributed by atoms with Crippen LogP contribution in [0.1, 0.15) is 71.8 Å². The minimum Gasteiger partial charge on any atom is -0.497 e. The molecule has 1 aliphatic carbocycles.